The van der Waals surface area contributed by atoms with Gasteiger partial charge in [0.05, 0.1) is 23.4 Å². The van der Waals surface area contributed by atoms with Crippen LogP contribution >= 0.6 is 23.4 Å². The average molecular weight is 471 g/mol. The Hall–Kier alpha value is -1.74. The third kappa shape index (κ3) is 6.14. The molecule has 164 valence electrons. The van der Waals surface area contributed by atoms with Crippen LogP contribution in [0.15, 0.2) is 47.4 Å². The number of nitrogens with zero attached hydrogens (tertiary/aromatic N) is 1. The Labute approximate surface area is 188 Å². The standard InChI is InChI=1S/C21H27ClN2O4S2/c1-5-24(6-2)30(26,27)18-11-12-20(28-4)19(13-18)23-21(25)14-29-15(3)16-7-9-17(22)10-8-16/h7-13,15H,5-6,14H2,1-4H3,(H,23,25). The second kappa shape index (κ2) is 11.0. The van der Waals surface area contributed by atoms with Crippen molar-refractivity contribution in [2.75, 3.05) is 31.3 Å². The minimum atomic E-state index is -3.64. The summed E-state index contributed by atoms with van der Waals surface area (Å²) in [7, 11) is -2.17. The van der Waals surface area contributed by atoms with Gasteiger partial charge in [-0.1, -0.05) is 37.6 Å². The van der Waals surface area contributed by atoms with Gasteiger partial charge in [0.25, 0.3) is 0 Å². The topological polar surface area (TPSA) is 75.7 Å². The van der Waals surface area contributed by atoms with Gasteiger partial charge in [-0.05, 0) is 42.8 Å². The fraction of sp³-hybridized carbons (Fsp3) is 0.381. The van der Waals surface area contributed by atoms with Crippen LogP contribution in [0.2, 0.25) is 5.02 Å². The van der Waals surface area contributed by atoms with Gasteiger partial charge >= 0.3 is 0 Å². The molecule has 30 heavy (non-hydrogen) atoms. The van der Waals surface area contributed by atoms with E-state index in [-0.39, 0.29) is 21.8 Å². The third-order valence-electron chi connectivity index (χ3n) is 4.59. The van der Waals surface area contributed by atoms with Crippen LogP contribution in [0.5, 0.6) is 5.75 Å². The van der Waals surface area contributed by atoms with Crippen LogP contribution in [0.4, 0.5) is 5.69 Å². The van der Waals surface area contributed by atoms with Crippen molar-refractivity contribution >= 4 is 45.0 Å². The molecule has 0 saturated heterocycles. The maximum atomic E-state index is 12.8. The van der Waals surface area contributed by atoms with Crippen LogP contribution in [0, 0.1) is 0 Å². The summed E-state index contributed by atoms with van der Waals surface area (Å²) in [5.74, 6) is 0.370. The molecule has 9 heteroatoms. The monoisotopic (exact) mass is 470 g/mol. The zero-order chi connectivity index (χ0) is 22.3. The zero-order valence-electron chi connectivity index (χ0n) is 17.5. The molecular weight excluding hydrogens is 444 g/mol. The van der Waals surface area contributed by atoms with E-state index >= 15 is 0 Å². The Kier molecular flexibility index (Phi) is 9.03. The summed E-state index contributed by atoms with van der Waals surface area (Å²) in [5.41, 5.74) is 1.40. The van der Waals surface area contributed by atoms with Crippen LogP contribution < -0.4 is 10.1 Å². The second-order valence-corrected chi connectivity index (χ2v) is 10.2. The van der Waals surface area contributed by atoms with Crippen LogP contribution in [0.3, 0.4) is 0 Å². The summed E-state index contributed by atoms with van der Waals surface area (Å²) < 4.78 is 32.2. The summed E-state index contributed by atoms with van der Waals surface area (Å²) in [4.78, 5) is 12.6. The number of carbonyl (C=O) groups excluding carboxylic acids is 1. The molecule has 0 radical (unpaired) electrons. The summed E-state index contributed by atoms with van der Waals surface area (Å²) in [5, 5.41) is 3.54. The van der Waals surface area contributed by atoms with Gasteiger partial charge in [-0.25, -0.2) is 8.42 Å². The highest BCUT2D eigenvalue weighted by Crippen LogP contribution is 2.31. The first-order valence-corrected chi connectivity index (χ1v) is 12.4. The van der Waals surface area contributed by atoms with Gasteiger partial charge in [0.2, 0.25) is 15.9 Å². The van der Waals surface area contributed by atoms with E-state index < -0.39 is 10.0 Å². The molecule has 2 rings (SSSR count). The number of carbonyl (C=O) groups is 1. The van der Waals surface area contributed by atoms with Crippen LogP contribution in [-0.2, 0) is 14.8 Å². The van der Waals surface area contributed by atoms with Gasteiger partial charge in [-0.3, -0.25) is 4.79 Å². The first kappa shape index (κ1) is 24.5. The quantitative estimate of drug-likeness (QED) is 0.539. The molecule has 0 saturated carbocycles. The molecule has 2 aromatic rings. The van der Waals surface area contributed by atoms with Gasteiger partial charge in [0, 0.05) is 23.4 Å². The van der Waals surface area contributed by atoms with E-state index in [0.717, 1.165) is 5.56 Å². The molecule has 0 spiro atoms. The number of halogens is 1. The molecule has 1 unspecified atom stereocenters. The minimum absolute atomic E-state index is 0.101. The number of hydrogen-bond acceptors (Lipinski definition) is 5. The van der Waals surface area contributed by atoms with Crippen LogP contribution in [0.25, 0.3) is 0 Å². The number of benzene rings is 2. The van der Waals surface area contributed by atoms with E-state index in [2.05, 4.69) is 5.32 Å². The number of anilines is 1. The van der Waals surface area contributed by atoms with Crippen molar-refractivity contribution in [2.45, 2.75) is 30.9 Å². The lowest BCUT2D eigenvalue weighted by Crippen LogP contribution is -2.30. The van der Waals surface area contributed by atoms with Gasteiger partial charge in [-0.15, -0.1) is 11.8 Å². The molecule has 1 amide bonds. The molecule has 0 aliphatic rings. The molecule has 0 bridgehead atoms. The van der Waals surface area contributed by atoms with Crippen molar-refractivity contribution in [3.05, 3.63) is 53.1 Å². The zero-order valence-corrected chi connectivity index (χ0v) is 19.9. The average Bonchev–Trinajstić information content (AvgIpc) is 2.73. The maximum Gasteiger partial charge on any atom is 0.243 e. The fourth-order valence-electron chi connectivity index (χ4n) is 2.87. The first-order valence-electron chi connectivity index (χ1n) is 9.58. The highest BCUT2D eigenvalue weighted by molar-refractivity contribution is 8.00. The Morgan fingerprint density at radius 3 is 2.37 bits per heavy atom. The van der Waals surface area contributed by atoms with Crippen molar-refractivity contribution in [1.82, 2.24) is 4.31 Å². The van der Waals surface area contributed by atoms with Gasteiger partial charge in [0.15, 0.2) is 0 Å². The SMILES string of the molecule is CCN(CC)S(=O)(=O)c1ccc(OC)c(NC(=O)CSC(C)c2ccc(Cl)cc2)c1. The van der Waals surface area contributed by atoms with E-state index in [1.807, 2.05) is 31.2 Å². The molecule has 0 heterocycles. The minimum Gasteiger partial charge on any atom is -0.495 e. The van der Waals surface area contributed by atoms with E-state index in [9.17, 15) is 13.2 Å². The number of amides is 1. The smallest absolute Gasteiger partial charge is 0.243 e. The second-order valence-electron chi connectivity index (χ2n) is 6.50. The largest absolute Gasteiger partial charge is 0.495 e. The lowest BCUT2D eigenvalue weighted by molar-refractivity contribution is -0.113. The van der Waals surface area contributed by atoms with Gasteiger partial charge < -0.3 is 10.1 Å². The molecule has 1 atom stereocenters. The van der Waals surface area contributed by atoms with E-state index in [0.29, 0.717) is 29.5 Å². The Morgan fingerprint density at radius 2 is 1.80 bits per heavy atom. The van der Waals surface area contributed by atoms with Crippen LogP contribution in [0.1, 0.15) is 31.6 Å². The van der Waals surface area contributed by atoms with Gasteiger partial charge in [-0.2, -0.15) is 4.31 Å². The number of ether oxygens (including phenoxy) is 1. The molecule has 2 aromatic carbocycles. The Bertz CT molecular complexity index is 961. The molecule has 0 aliphatic heterocycles. The molecule has 0 aliphatic carbocycles. The number of sulfonamides is 1. The Balaban J connectivity index is 2.12. The maximum absolute atomic E-state index is 12.8. The van der Waals surface area contributed by atoms with E-state index in [1.54, 1.807) is 19.9 Å². The lowest BCUT2D eigenvalue weighted by atomic mass is 10.2. The predicted octanol–water partition coefficient (Wildman–Crippen LogP) is 4.81. The molecule has 1 N–H and O–H groups in total. The molecule has 0 fully saturated rings. The molecule has 0 aromatic heterocycles. The highest BCUT2D eigenvalue weighted by Gasteiger charge is 2.23. The van der Waals surface area contributed by atoms with Gasteiger partial charge in [0.1, 0.15) is 5.75 Å². The van der Waals surface area contributed by atoms with Crippen LogP contribution in [-0.4, -0.2) is 44.6 Å². The Morgan fingerprint density at radius 1 is 1.17 bits per heavy atom. The number of methoxy groups -OCH3 is 1. The summed E-state index contributed by atoms with van der Waals surface area (Å²) >= 11 is 7.39. The first-order chi connectivity index (χ1) is 14.2. The number of rotatable bonds is 10. The summed E-state index contributed by atoms with van der Waals surface area (Å²) in [6, 6.07) is 12.0. The number of hydrogen-bond donors (Lipinski definition) is 1. The van der Waals surface area contributed by atoms with E-state index in [1.165, 1.54) is 35.3 Å². The molecular formula is C21H27ClN2O4S2. The number of nitrogens with one attached hydrogen (secondary N) is 1. The summed E-state index contributed by atoms with van der Waals surface area (Å²) in [6.07, 6.45) is 0. The normalized spacial score (nSPS) is 12.6. The van der Waals surface area contributed by atoms with E-state index in [4.69, 9.17) is 16.3 Å². The predicted molar refractivity (Wildman–Crippen MR) is 124 cm³/mol. The fourth-order valence-corrected chi connectivity index (χ4v) is 5.31. The van der Waals surface area contributed by atoms with Crippen molar-refractivity contribution in [2.24, 2.45) is 0 Å². The van der Waals surface area contributed by atoms with Crippen molar-refractivity contribution in [3.63, 3.8) is 0 Å². The van der Waals surface area contributed by atoms with Crippen molar-refractivity contribution in [3.8, 4) is 5.75 Å². The van der Waals surface area contributed by atoms with Crippen molar-refractivity contribution in [1.29, 1.82) is 0 Å². The number of thioether (sulfide) groups is 1. The third-order valence-corrected chi connectivity index (χ3v) is 8.09. The summed E-state index contributed by atoms with van der Waals surface area (Å²) in [6.45, 7) is 6.31. The van der Waals surface area contributed by atoms with Crippen molar-refractivity contribution < 1.29 is 17.9 Å². The molecule has 6 nitrogen and oxygen atoms in total. The lowest BCUT2D eigenvalue weighted by Gasteiger charge is -2.19. The highest BCUT2D eigenvalue weighted by atomic mass is 35.5.